The average molecular weight is 462 g/mol. The number of carbonyl (C=O) groups excluding carboxylic acids is 2. The van der Waals surface area contributed by atoms with E-state index in [1.807, 2.05) is 18.2 Å². The standard InChI is InChI=1S/C21H24BrN3O4/c1-24-9-11-25(12-10-24)19-8-3-15(21(27)28-2)13-18(19)23-20(26)14-29-17-6-4-16(22)5-7-17/h3-8,13H,9-12,14H2,1-2H3,(H,23,26). The Morgan fingerprint density at radius 2 is 1.76 bits per heavy atom. The van der Waals surface area contributed by atoms with Crippen molar-refractivity contribution in [2.75, 3.05) is 57.2 Å². The number of hydrogen-bond donors (Lipinski definition) is 1. The lowest BCUT2D eigenvalue weighted by molar-refractivity contribution is -0.118. The minimum absolute atomic E-state index is 0.133. The van der Waals surface area contributed by atoms with Crippen LogP contribution < -0.4 is 15.0 Å². The van der Waals surface area contributed by atoms with Crippen LogP contribution >= 0.6 is 15.9 Å². The molecule has 0 radical (unpaired) electrons. The average Bonchev–Trinajstić information content (AvgIpc) is 2.73. The van der Waals surface area contributed by atoms with E-state index in [1.54, 1.807) is 24.3 Å². The molecule has 1 aliphatic heterocycles. The molecule has 154 valence electrons. The van der Waals surface area contributed by atoms with Gasteiger partial charge in [-0.3, -0.25) is 4.79 Å². The van der Waals surface area contributed by atoms with Crippen LogP contribution in [0.2, 0.25) is 0 Å². The fourth-order valence-electron chi connectivity index (χ4n) is 3.07. The number of carbonyl (C=O) groups is 2. The van der Waals surface area contributed by atoms with Crippen molar-refractivity contribution in [3.8, 4) is 5.75 Å². The van der Waals surface area contributed by atoms with E-state index in [4.69, 9.17) is 9.47 Å². The number of hydrogen-bond acceptors (Lipinski definition) is 6. The van der Waals surface area contributed by atoms with Crippen molar-refractivity contribution in [2.45, 2.75) is 0 Å². The molecule has 8 heteroatoms. The number of benzene rings is 2. The van der Waals surface area contributed by atoms with E-state index in [9.17, 15) is 9.59 Å². The summed E-state index contributed by atoms with van der Waals surface area (Å²) in [6.45, 7) is 3.41. The molecule has 1 heterocycles. The largest absolute Gasteiger partial charge is 0.484 e. The molecule has 29 heavy (non-hydrogen) atoms. The van der Waals surface area contributed by atoms with Gasteiger partial charge in [-0.1, -0.05) is 15.9 Å². The number of likely N-dealkylation sites (N-methyl/N-ethyl adjacent to an activating group) is 1. The first-order chi connectivity index (χ1) is 14.0. The summed E-state index contributed by atoms with van der Waals surface area (Å²) in [5, 5.41) is 2.88. The summed E-state index contributed by atoms with van der Waals surface area (Å²) in [7, 11) is 3.42. The van der Waals surface area contributed by atoms with E-state index in [0.29, 0.717) is 17.0 Å². The molecule has 0 aromatic heterocycles. The molecule has 1 aliphatic rings. The molecule has 0 atom stereocenters. The zero-order valence-electron chi connectivity index (χ0n) is 16.5. The Kier molecular flexibility index (Phi) is 7.11. The number of amides is 1. The van der Waals surface area contributed by atoms with Crippen LogP contribution in [0.25, 0.3) is 0 Å². The monoisotopic (exact) mass is 461 g/mol. The van der Waals surface area contributed by atoms with Crippen molar-refractivity contribution in [3.05, 3.63) is 52.5 Å². The summed E-state index contributed by atoms with van der Waals surface area (Å²) in [4.78, 5) is 28.9. The second-order valence-electron chi connectivity index (χ2n) is 6.80. The third-order valence-corrected chi connectivity index (χ3v) is 5.25. The number of ether oxygens (including phenoxy) is 2. The van der Waals surface area contributed by atoms with Gasteiger partial charge in [0.1, 0.15) is 5.75 Å². The van der Waals surface area contributed by atoms with Gasteiger partial charge in [0.25, 0.3) is 5.91 Å². The Labute approximate surface area is 178 Å². The molecule has 7 nitrogen and oxygen atoms in total. The van der Waals surface area contributed by atoms with Crippen LogP contribution in [0.5, 0.6) is 5.75 Å². The van der Waals surface area contributed by atoms with Crippen molar-refractivity contribution in [1.29, 1.82) is 0 Å². The Morgan fingerprint density at radius 1 is 1.07 bits per heavy atom. The highest BCUT2D eigenvalue weighted by Gasteiger charge is 2.20. The molecule has 2 aromatic carbocycles. The minimum atomic E-state index is -0.448. The molecular weight excluding hydrogens is 438 g/mol. The summed E-state index contributed by atoms with van der Waals surface area (Å²) in [6.07, 6.45) is 0. The molecule has 1 N–H and O–H groups in total. The second kappa shape index (κ2) is 9.76. The van der Waals surface area contributed by atoms with Crippen molar-refractivity contribution in [1.82, 2.24) is 4.90 Å². The van der Waals surface area contributed by atoms with Crippen molar-refractivity contribution < 1.29 is 19.1 Å². The number of nitrogens with zero attached hydrogens (tertiary/aromatic N) is 2. The smallest absolute Gasteiger partial charge is 0.337 e. The number of anilines is 2. The van der Waals surface area contributed by atoms with Crippen molar-refractivity contribution in [2.24, 2.45) is 0 Å². The lowest BCUT2D eigenvalue weighted by Crippen LogP contribution is -2.44. The summed E-state index contributed by atoms with van der Waals surface area (Å²) < 4.78 is 11.3. The summed E-state index contributed by atoms with van der Waals surface area (Å²) in [5.74, 6) is -0.146. The molecule has 0 aliphatic carbocycles. The van der Waals surface area contributed by atoms with Crippen molar-refractivity contribution >= 4 is 39.2 Å². The molecule has 0 unspecified atom stereocenters. The van der Waals surface area contributed by atoms with Crippen molar-refractivity contribution in [3.63, 3.8) is 0 Å². The summed E-state index contributed by atoms with van der Waals surface area (Å²) >= 11 is 3.36. The second-order valence-corrected chi connectivity index (χ2v) is 7.72. The van der Waals surface area contributed by atoms with Crippen LogP contribution in [0.1, 0.15) is 10.4 Å². The fraction of sp³-hybridized carbons (Fsp3) is 0.333. The van der Waals surface area contributed by atoms with E-state index in [0.717, 1.165) is 36.3 Å². The van der Waals surface area contributed by atoms with E-state index >= 15 is 0 Å². The van der Waals surface area contributed by atoms with Crippen LogP contribution in [-0.2, 0) is 9.53 Å². The Balaban J connectivity index is 1.74. The first-order valence-electron chi connectivity index (χ1n) is 9.30. The van der Waals surface area contributed by atoms with Crippen LogP contribution in [0.3, 0.4) is 0 Å². The minimum Gasteiger partial charge on any atom is -0.484 e. The molecule has 2 aromatic rings. The molecular formula is C21H24BrN3O4. The van der Waals surface area contributed by atoms with Gasteiger partial charge < -0.3 is 24.6 Å². The zero-order chi connectivity index (χ0) is 20.8. The lowest BCUT2D eigenvalue weighted by atomic mass is 10.1. The summed E-state index contributed by atoms with van der Waals surface area (Å²) in [5.41, 5.74) is 1.83. The van der Waals surface area contributed by atoms with E-state index < -0.39 is 5.97 Å². The number of methoxy groups -OCH3 is 1. The molecule has 0 bridgehead atoms. The Morgan fingerprint density at radius 3 is 2.41 bits per heavy atom. The molecule has 1 saturated heterocycles. The highest BCUT2D eigenvalue weighted by atomic mass is 79.9. The number of rotatable bonds is 6. The Hall–Kier alpha value is -2.58. The van der Waals surface area contributed by atoms with Crippen LogP contribution in [0.4, 0.5) is 11.4 Å². The first-order valence-corrected chi connectivity index (χ1v) is 10.1. The van der Waals surface area contributed by atoms with Gasteiger partial charge in [0.05, 0.1) is 24.0 Å². The zero-order valence-corrected chi connectivity index (χ0v) is 18.1. The van der Waals surface area contributed by atoms with Gasteiger partial charge in [-0.15, -0.1) is 0 Å². The predicted octanol–water partition coefficient (Wildman–Crippen LogP) is 3.01. The van der Waals surface area contributed by atoms with E-state index in [-0.39, 0.29) is 12.5 Å². The number of halogens is 1. The third-order valence-electron chi connectivity index (χ3n) is 4.72. The predicted molar refractivity (Wildman–Crippen MR) is 116 cm³/mol. The normalized spacial score (nSPS) is 14.4. The molecule has 1 amide bonds. The topological polar surface area (TPSA) is 71.1 Å². The van der Waals surface area contributed by atoms with Gasteiger partial charge in [-0.05, 0) is 49.5 Å². The van der Waals surface area contributed by atoms with Crippen LogP contribution in [0.15, 0.2) is 46.9 Å². The maximum absolute atomic E-state index is 12.5. The third kappa shape index (κ3) is 5.71. The van der Waals surface area contributed by atoms with Gasteiger partial charge in [0.2, 0.25) is 0 Å². The number of nitrogens with one attached hydrogen (secondary N) is 1. The fourth-order valence-corrected chi connectivity index (χ4v) is 3.33. The van der Waals surface area contributed by atoms with Gasteiger partial charge in [-0.25, -0.2) is 4.79 Å². The van der Waals surface area contributed by atoms with Gasteiger partial charge in [-0.2, -0.15) is 0 Å². The highest BCUT2D eigenvalue weighted by molar-refractivity contribution is 9.10. The van der Waals surface area contributed by atoms with Gasteiger partial charge in [0, 0.05) is 30.7 Å². The van der Waals surface area contributed by atoms with Gasteiger partial charge >= 0.3 is 5.97 Å². The van der Waals surface area contributed by atoms with E-state index in [2.05, 4.69) is 38.1 Å². The van der Waals surface area contributed by atoms with Crippen LogP contribution in [-0.4, -0.2) is 63.7 Å². The molecule has 0 spiro atoms. The Bertz CT molecular complexity index is 865. The SMILES string of the molecule is COC(=O)c1ccc(N2CCN(C)CC2)c(NC(=O)COc2ccc(Br)cc2)c1. The van der Waals surface area contributed by atoms with E-state index in [1.165, 1.54) is 7.11 Å². The maximum atomic E-state index is 12.5. The molecule has 1 fully saturated rings. The number of esters is 1. The first kappa shape index (κ1) is 21.1. The van der Waals surface area contributed by atoms with Gasteiger partial charge in [0.15, 0.2) is 6.61 Å². The molecule has 3 rings (SSSR count). The lowest BCUT2D eigenvalue weighted by Gasteiger charge is -2.35. The quantitative estimate of drug-likeness (QED) is 0.666. The van der Waals surface area contributed by atoms with Crippen LogP contribution in [0, 0.1) is 0 Å². The highest BCUT2D eigenvalue weighted by Crippen LogP contribution is 2.28. The molecule has 0 saturated carbocycles. The summed E-state index contributed by atoms with van der Waals surface area (Å²) in [6, 6.07) is 12.5. The number of piperazine rings is 1. The maximum Gasteiger partial charge on any atom is 0.337 e.